The summed E-state index contributed by atoms with van der Waals surface area (Å²) in [6.45, 7) is 1.28. The molecule has 28 heavy (non-hydrogen) atoms. The zero-order chi connectivity index (χ0) is 19.5. The van der Waals surface area contributed by atoms with Gasteiger partial charge in [0.25, 0.3) is 0 Å². The van der Waals surface area contributed by atoms with Gasteiger partial charge in [0, 0.05) is 29.6 Å². The van der Waals surface area contributed by atoms with Crippen LogP contribution in [0, 0.1) is 5.82 Å². The van der Waals surface area contributed by atoms with Crippen LogP contribution in [0.4, 0.5) is 4.39 Å². The highest BCUT2D eigenvalue weighted by atomic mass is 35.5. The van der Waals surface area contributed by atoms with Gasteiger partial charge in [0.15, 0.2) is 0 Å². The summed E-state index contributed by atoms with van der Waals surface area (Å²) >= 11 is 5.91. The summed E-state index contributed by atoms with van der Waals surface area (Å²) in [7, 11) is 0. The number of carbonyl (C=O) groups is 1. The summed E-state index contributed by atoms with van der Waals surface area (Å²) < 4.78 is 18.4. The number of halogens is 2. The minimum absolute atomic E-state index is 0.0532. The highest BCUT2D eigenvalue weighted by Crippen LogP contribution is 2.29. The van der Waals surface area contributed by atoms with Crippen molar-refractivity contribution in [3.63, 3.8) is 0 Å². The average Bonchev–Trinajstić information content (AvgIpc) is 3.20. The number of benzene rings is 2. The number of piperidine rings is 1. The molecule has 1 aliphatic heterocycles. The lowest BCUT2D eigenvalue weighted by Crippen LogP contribution is -2.38. The quantitative estimate of drug-likeness (QED) is 0.649. The van der Waals surface area contributed by atoms with Crippen molar-refractivity contribution in [3.05, 3.63) is 70.8 Å². The second kappa shape index (κ2) is 8.10. The molecule has 0 atom stereocenters. The minimum atomic E-state index is -0.297. The van der Waals surface area contributed by atoms with E-state index in [0.29, 0.717) is 29.8 Å². The lowest BCUT2D eigenvalue weighted by Gasteiger charge is -2.30. The number of carbonyl (C=O) groups excluding carboxylic acids is 1. The summed E-state index contributed by atoms with van der Waals surface area (Å²) in [5.74, 6) is 1.05. The predicted octanol–water partition coefficient (Wildman–Crippen LogP) is 4.48. The first-order chi connectivity index (χ1) is 13.6. The van der Waals surface area contributed by atoms with E-state index < -0.39 is 0 Å². The largest absolute Gasteiger partial charge is 0.342 e. The Morgan fingerprint density at radius 3 is 2.46 bits per heavy atom. The van der Waals surface area contributed by atoms with Crippen LogP contribution in [-0.2, 0) is 11.2 Å². The van der Waals surface area contributed by atoms with Crippen LogP contribution in [0.25, 0.3) is 11.4 Å². The highest BCUT2D eigenvalue weighted by Gasteiger charge is 2.27. The maximum atomic E-state index is 13.0. The van der Waals surface area contributed by atoms with Gasteiger partial charge in [-0.3, -0.25) is 4.79 Å². The van der Waals surface area contributed by atoms with E-state index in [9.17, 15) is 9.18 Å². The van der Waals surface area contributed by atoms with Crippen molar-refractivity contribution >= 4 is 17.5 Å². The Hall–Kier alpha value is -2.73. The van der Waals surface area contributed by atoms with E-state index in [2.05, 4.69) is 10.1 Å². The standard InChI is InChI=1S/C21H19ClFN3O2/c22-17-5-3-15(4-6-17)20-24-21(28-25-20)16-9-11-26(12-10-16)19(27)13-14-1-7-18(23)8-2-14/h1-8,16H,9-13H2. The minimum Gasteiger partial charge on any atom is -0.342 e. The summed E-state index contributed by atoms with van der Waals surface area (Å²) in [5, 5.41) is 4.73. The number of likely N-dealkylation sites (tertiary alicyclic amines) is 1. The molecular weight excluding hydrogens is 381 g/mol. The van der Waals surface area contributed by atoms with Gasteiger partial charge in [0.05, 0.1) is 6.42 Å². The van der Waals surface area contributed by atoms with Crippen LogP contribution in [0.1, 0.15) is 30.2 Å². The lowest BCUT2D eigenvalue weighted by atomic mass is 9.96. The molecule has 7 heteroatoms. The van der Waals surface area contributed by atoms with Crippen LogP contribution in [-0.4, -0.2) is 34.0 Å². The van der Waals surface area contributed by atoms with Crippen molar-refractivity contribution in [1.29, 1.82) is 0 Å². The molecule has 0 spiro atoms. The molecule has 5 nitrogen and oxygen atoms in total. The van der Waals surface area contributed by atoms with Gasteiger partial charge in [0.1, 0.15) is 5.82 Å². The highest BCUT2D eigenvalue weighted by molar-refractivity contribution is 6.30. The summed E-state index contributed by atoms with van der Waals surface area (Å²) in [4.78, 5) is 18.8. The molecule has 1 aliphatic rings. The number of aromatic nitrogens is 2. The molecule has 0 saturated carbocycles. The Kier molecular flexibility index (Phi) is 5.39. The first kappa shape index (κ1) is 18.6. The molecule has 1 aromatic heterocycles. The number of amides is 1. The topological polar surface area (TPSA) is 59.2 Å². The van der Waals surface area contributed by atoms with E-state index in [0.717, 1.165) is 24.0 Å². The van der Waals surface area contributed by atoms with Crippen LogP contribution in [0.15, 0.2) is 53.1 Å². The molecule has 2 heterocycles. The molecule has 0 aliphatic carbocycles. The molecule has 1 fully saturated rings. The van der Waals surface area contributed by atoms with Crippen LogP contribution in [0.5, 0.6) is 0 Å². The first-order valence-electron chi connectivity index (χ1n) is 9.20. The van der Waals surface area contributed by atoms with Gasteiger partial charge in [-0.25, -0.2) is 4.39 Å². The smallest absolute Gasteiger partial charge is 0.230 e. The third kappa shape index (κ3) is 4.22. The molecule has 2 aromatic carbocycles. The molecular formula is C21H19ClFN3O2. The van der Waals surface area contributed by atoms with E-state index in [1.807, 2.05) is 17.0 Å². The Morgan fingerprint density at radius 2 is 1.79 bits per heavy atom. The molecule has 0 unspecified atom stereocenters. The van der Waals surface area contributed by atoms with Crippen molar-refractivity contribution in [2.45, 2.75) is 25.2 Å². The molecule has 3 aromatic rings. The van der Waals surface area contributed by atoms with Crippen molar-refractivity contribution in [2.75, 3.05) is 13.1 Å². The van der Waals surface area contributed by atoms with Gasteiger partial charge in [-0.2, -0.15) is 4.98 Å². The second-order valence-corrected chi connectivity index (χ2v) is 7.36. The molecule has 0 bridgehead atoms. The van der Waals surface area contributed by atoms with Crippen LogP contribution in [0.3, 0.4) is 0 Å². The number of hydrogen-bond donors (Lipinski definition) is 0. The SMILES string of the molecule is O=C(Cc1ccc(F)cc1)N1CCC(c2nc(-c3ccc(Cl)cc3)no2)CC1. The fourth-order valence-corrected chi connectivity index (χ4v) is 3.51. The van der Waals surface area contributed by atoms with Crippen molar-refractivity contribution in [3.8, 4) is 11.4 Å². The average molecular weight is 400 g/mol. The predicted molar refractivity (Wildman–Crippen MR) is 103 cm³/mol. The lowest BCUT2D eigenvalue weighted by molar-refractivity contribution is -0.131. The maximum Gasteiger partial charge on any atom is 0.230 e. The van der Waals surface area contributed by atoms with Gasteiger partial charge in [-0.05, 0) is 54.8 Å². The Balaban J connectivity index is 1.34. The third-order valence-corrected chi connectivity index (χ3v) is 5.26. The van der Waals surface area contributed by atoms with E-state index in [1.54, 1.807) is 24.3 Å². The van der Waals surface area contributed by atoms with Crippen LogP contribution in [0.2, 0.25) is 5.02 Å². The fourth-order valence-electron chi connectivity index (χ4n) is 3.38. The number of nitrogens with zero attached hydrogens (tertiary/aromatic N) is 3. The van der Waals surface area contributed by atoms with Gasteiger partial charge < -0.3 is 9.42 Å². The van der Waals surface area contributed by atoms with E-state index in [1.165, 1.54) is 12.1 Å². The number of rotatable bonds is 4. The van der Waals surface area contributed by atoms with Crippen molar-refractivity contribution < 1.29 is 13.7 Å². The zero-order valence-corrected chi connectivity index (χ0v) is 15.9. The third-order valence-electron chi connectivity index (χ3n) is 5.01. The second-order valence-electron chi connectivity index (χ2n) is 6.92. The monoisotopic (exact) mass is 399 g/mol. The van der Waals surface area contributed by atoms with E-state index >= 15 is 0 Å². The molecule has 144 valence electrons. The number of hydrogen-bond acceptors (Lipinski definition) is 4. The van der Waals surface area contributed by atoms with Gasteiger partial charge in [0.2, 0.25) is 17.6 Å². The van der Waals surface area contributed by atoms with Gasteiger partial charge in [-0.15, -0.1) is 0 Å². The molecule has 0 radical (unpaired) electrons. The van der Waals surface area contributed by atoms with E-state index in [4.69, 9.17) is 16.1 Å². The summed E-state index contributed by atoms with van der Waals surface area (Å²) in [6.07, 6.45) is 1.83. The maximum absolute atomic E-state index is 13.0. The van der Waals surface area contributed by atoms with Crippen molar-refractivity contribution in [2.24, 2.45) is 0 Å². The fraction of sp³-hybridized carbons (Fsp3) is 0.286. The molecule has 4 rings (SSSR count). The summed E-state index contributed by atoms with van der Waals surface area (Å²) in [5.41, 5.74) is 1.67. The molecule has 1 amide bonds. The Morgan fingerprint density at radius 1 is 1.11 bits per heavy atom. The summed E-state index contributed by atoms with van der Waals surface area (Å²) in [6, 6.07) is 13.3. The van der Waals surface area contributed by atoms with Gasteiger partial charge in [-0.1, -0.05) is 28.9 Å². The van der Waals surface area contributed by atoms with Gasteiger partial charge >= 0.3 is 0 Å². The zero-order valence-electron chi connectivity index (χ0n) is 15.1. The normalized spacial score (nSPS) is 15.0. The molecule has 0 N–H and O–H groups in total. The van der Waals surface area contributed by atoms with E-state index in [-0.39, 0.29) is 24.1 Å². The molecule has 1 saturated heterocycles. The Labute approximate surface area is 167 Å². The Bertz CT molecular complexity index is 949. The van der Waals surface area contributed by atoms with Crippen LogP contribution >= 0.6 is 11.6 Å². The first-order valence-corrected chi connectivity index (χ1v) is 9.58. The van der Waals surface area contributed by atoms with Crippen LogP contribution < -0.4 is 0 Å². The van der Waals surface area contributed by atoms with Crippen molar-refractivity contribution in [1.82, 2.24) is 15.0 Å².